The minimum absolute atomic E-state index is 0. The largest absolute Gasteiger partial charge is 0.494 e. The van der Waals surface area contributed by atoms with E-state index in [0.717, 1.165) is 24.3 Å². The Kier molecular flexibility index (Phi) is 8.26. The van der Waals surface area contributed by atoms with E-state index in [1.165, 1.54) is 0 Å². The van der Waals surface area contributed by atoms with Crippen molar-refractivity contribution in [1.82, 2.24) is 0 Å². The molecule has 0 aromatic heterocycles. The number of hydrogen-bond acceptors (Lipinski definition) is 3. The molecule has 0 saturated carbocycles. The number of rotatable bonds is 7. The highest BCUT2D eigenvalue weighted by Gasteiger charge is 2.26. The summed E-state index contributed by atoms with van der Waals surface area (Å²) in [5, 5.41) is 2.83. The molecule has 1 amide bonds. The number of benzene rings is 1. The second-order valence-electron chi connectivity index (χ2n) is 4.99. The summed E-state index contributed by atoms with van der Waals surface area (Å²) >= 11 is 0. The smallest absolute Gasteiger partial charge is 0.244 e. The van der Waals surface area contributed by atoms with Crippen LogP contribution in [0.2, 0.25) is 0 Å². The zero-order chi connectivity index (χ0) is 14.3. The molecule has 1 unspecified atom stereocenters. The van der Waals surface area contributed by atoms with Crippen molar-refractivity contribution in [3.63, 3.8) is 0 Å². The summed E-state index contributed by atoms with van der Waals surface area (Å²) in [4.78, 5) is 12.0. The van der Waals surface area contributed by atoms with Gasteiger partial charge in [0.05, 0.1) is 12.1 Å². The molecule has 20 heavy (non-hydrogen) atoms. The lowest BCUT2D eigenvalue weighted by Gasteiger charge is -2.22. The molecule has 1 rings (SSSR count). The minimum atomic E-state index is -0.827. The lowest BCUT2D eigenvalue weighted by atomic mass is 9.96. The second-order valence-corrected chi connectivity index (χ2v) is 4.99. The number of amides is 1. The van der Waals surface area contributed by atoms with Crippen molar-refractivity contribution >= 4 is 24.0 Å². The highest BCUT2D eigenvalue weighted by Crippen LogP contribution is 2.18. The normalized spacial score (nSPS) is 13.0. The third kappa shape index (κ3) is 5.80. The molecule has 1 aromatic carbocycles. The molecule has 3 N–H and O–H groups in total. The Morgan fingerprint density at radius 2 is 1.85 bits per heavy atom. The van der Waals surface area contributed by atoms with Gasteiger partial charge in [0.15, 0.2) is 0 Å². The number of nitrogens with two attached hydrogens (primary N) is 1. The van der Waals surface area contributed by atoms with E-state index in [1.807, 2.05) is 31.2 Å². The average molecular weight is 301 g/mol. The molecule has 4 nitrogen and oxygen atoms in total. The standard InChI is InChI=1S/C15H24N2O2.ClH/c1-4-10-15(3,16)14(18)17-12-6-8-13(9-7-12)19-11-5-2;/h6-9H,4-5,10-11,16H2,1-3H3,(H,17,18);1H. The quantitative estimate of drug-likeness (QED) is 0.811. The molecule has 0 radical (unpaired) electrons. The third-order valence-electron chi connectivity index (χ3n) is 2.87. The van der Waals surface area contributed by atoms with Crippen molar-refractivity contribution in [2.75, 3.05) is 11.9 Å². The van der Waals surface area contributed by atoms with Gasteiger partial charge in [0.2, 0.25) is 5.91 Å². The van der Waals surface area contributed by atoms with Gasteiger partial charge in [-0.1, -0.05) is 20.3 Å². The minimum Gasteiger partial charge on any atom is -0.494 e. The van der Waals surface area contributed by atoms with E-state index < -0.39 is 5.54 Å². The van der Waals surface area contributed by atoms with Gasteiger partial charge in [-0.2, -0.15) is 0 Å². The number of nitrogens with one attached hydrogen (secondary N) is 1. The number of halogens is 1. The SMILES string of the molecule is CCCOc1ccc(NC(=O)C(C)(N)CCC)cc1.Cl. The van der Waals surface area contributed by atoms with Gasteiger partial charge in [0.25, 0.3) is 0 Å². The van der Waals surface area contributed by atoms with E-state index in [2.05, 4.69) is 12.2 Å². The van der Waals surface area contributed by atoms with Gasteiger partial charge < -0.3 is 15.8 Å². The topological polar surface area (TPSA) is 64.3 Å². The second kappa shape index (κ2) is 8.82. The molecule has 0 bridgehead atoms. The average Bonchev–Trinajstić information content (AvgIpc) is 2.38. The van der Waals surface area contributed by atoms with Gasteiger partial charge in [0, 0.05) is 5.69 Å². The van der Waals surface area contributed by atoms with Crippen molar-refractivity contribution in [2.24, 2.45) is 5.73 Å². The van der Waals surface area contributed by atoms with E-state index in [9.17, 15) is 4.79 Å². The fourth-order valence-corrected chi connectivity index (χ4v) is 1.76. The molecule has 1 aromatic rings. The Balaban J connectivity index is 0.00000361. The van der Waals surface area contributed by atoms with Crippen molar-refractivity contribution in [2.45, 2.75) is 45.6 Å². The highest BCUT2D eigenvalue weighted by molar-refractivity contribution is 5.97. The van der Waals surface area contributed by atoms with Crippen LogP contribution in [0, 0.1) is 0 Å². The van der Waals surface area contributed by atoms with Crippen LogP contribution in [-0.2, 0) is 4.79 Å². The van der Waals surface area contributed by atoms with Crippen LogP contribution in [0.5, 0.6) is 5.75 Å². The number of carbonyl (C=O) groups is 1. The van der Waals surface area contributed by atoms with E-state index in [4.69, 9.17) is 10.5 Å². The first-order chi connectivity index (χ1) is 8.99. The molecule has 0 aliphatic heterocycles. The molecular formula is C15H25ClN2O2. The molecule has 0 aliphatic rings. The molecule has 0 fully saturated rings. The lowest BCUT2D eigenvalue weighted by Crippen LogP contribution is -2.48. The first-order valence-corrected chi connectivity index (χ1v) is 6.82. The maximum atomic E-state index is 12.0. The van der Waals surface area contributed by atoms with Crippen LogP contribution >= 0.6 is 12.4 Å². The van der Waals surface area contributed by atoms with Crippen LogP contribution in [0.4, 0.5) is 5.69 Å². The van der Waals surface area contributed by atoms with Crippen molar-refractivity contribution < 1.29 is 9.53 Å². The lowest BCUT2D eigenvalue weighted by molar-refractivity contribution is -0.120. The van der Waals surface area contributed by atoms with Crippen molar-refractivity contribution in [3.8, 4) is 5.75 Å². The van der Waals surface area contributed by atoms with Gasteiger partial charge in [-0.05, 0) is 44.0 Å². The van der Waals surface area contributed by atoms with Crippen molar-refractivity contribution in [3.05, 3.63) is 24.3 Å². The Morgan fingerprint density at radius 3 is 2.35 bits per heavy atom. The maximum absolute atomic E-state index is 12.0. The van der Waals surface area contributed by atoms with Crippen LogP contribution < -0.4 is 15.8 Å². The van der Waals surface area contributed by atoms with Crippen LogP contribution in [0.15, 0.2) is 24.3 Å². The van der Waals surface area contributed by atoms with E-state index >= 15 is 0 Å². The van der Waals surface area contributed by atoms with Gasteiger partial charge in [-0.15, -0.1) is 12.4 Å². The van der Waals surface area contributed by atoms with E-state index in [0.29, 0.717) is 13.0 Å². The Hall–Kier alpha value is -1.26. The van der Waals surface area contributed by atoms with E-state index in [1.54, 1.807) is 6.92 Å². The third-order valence-corrected chi connectivity index (χ3v) is 2.87. The molecule has 0 heterocycles. The molecule has 0 aliphatic carbocycles. The van der Waals surface area contributed by atoms with Gasteiger partial charge in [0.1, 0.15) is 5.75 Å². The molecule has 114 valence electrons. The Morgan fingerprint density at radius 1 is 1.25 bits per heavy atom. The summed E-state index contributed by atoms with van der Waals surface area (Å²) < 4.78 is 5.48. The predicted molar refractivity (Wildman–Crippen MR) is 85.6 cm³/mol. The summed E-state index contributed by atoms with van der Waals surface area (Å²) in [6, 6.07) is 7.34. The first kappa shape index (κ1) is 18.7. The molecule has 5 heteroatoms. The number of carbonyl (C=O) groups excluding carboxylic acids is 1. The van der Waals surface area contributed by atoms with Gasteiger partial charge in [-0.3, -0.25) is 4.79 Å². The van der Waals surface area contributed by atoms with Crippen LogP contribution in [-0.4, -0.2) is 18.1 Å². The number of anilines is 1. The summed E-state index contributed by atoms with van der Waals surface area (Å²) in [5.74, 6) is 0.653. The fraction of sp³-hybridized carbons (Fsp3) is 0.533. The van der Waals surface area contributed by atoms with Crippen LogP contribution in [0.25, 0.3) is 0 Å². The van der Waals surface area contributed by atoms with Crippen molar-refractivity contribution in [1.29, 1.82) is 0 Å². The monoisotopic (exact) mass is 300 g/mol. The van der Waals surface area contributed by atoms with E-state index in [-0.39, 0.29) is 18.3 Å². The highest BCUT2D eigenvalue weighted by atomic mass is 35.5. The number of ether oxygens (including phenoxy) is 1. The predicted octanol–water partition coefficient (Wildman–Crippen LogP) is 3.35. The van der Waals surface area contributed by atoms with Crippen LogP contribution in [0.3, 0.4) is 0 Å². The molecule has 1 atom stereocenters. The Labute approximate surface area is 127 Å². The maximum Gasteiger partial charge on any atom is 0.244 e. The molecule has 0 saturated heterocycles. The fourth-order valence-electron chi connectivity index (χ4n) is 1.76. The first-order valence-electron chi connectivity index (χ1n) is 6.82. The van der Waals surface area contributed by atoms with Gasteiger partial charge in [-0.25, -0.2) is 0 Å². The summed E-state index contributed by atoms with van der Waals surface area (Å²) in [6.45, 7) is 6.52. The Bertz CT molecular complexity index is 405. The van der Waals surface area contributed by atoms with Gasteiger partial charge >= 0.3 is 0 Å². The zero-order valence-electron chi connectivity index (χ0n) is 12.4. The molecular weight excluding hydrogens is 276 g/mol. The number of hydrogen-bond donors (Lipinski definition) is 2. The summed E-state index contributed by atoms with van der Waals surface area (Å²) in [5.41, 5.74) is 5.89. The summed E-state index contributed by atoms with van der Waals surface area (Å²) in [7, 11) is 0. The van der Waals surface area contributed by atoms with Crippen LogP contribution in [0.1, 0.15) is 40.0 Å². The molecule has 0 spiro atoms. The zero-order valence-corrected chi connectivity index (χ0v) is 13.3. The summed E-state index contributed by atoms with van der Waals surface area (Å²) in [6.07, 6.45) is 2.52.